The maximum atomic E-state index is 12.4. The molecule has 1 saturated carbocycles. The predicted octanol–water partition coefficient (Wildman–Crippen LogP) is 1.48. The van der Waals surface area contributed by atoms with Gasteiger partial charge in [0.05, 0.1) is 16.2 Å². The smallest absolute Gasteiger partial charge is 0.252 e. The van der Waals surface area contributed by atoms with Gasteiger partial charge in [0.1, 0.15) is 0 Å². The molecule has 1 aromatic carbocycles. The second-order valence-corrected chi connectivity index (χ2v) is 7.73. The molecular weight excluding hydrogens is 288 g/mol. The first-order valence-corrected chi connectivity index (χ1v) is 8.97. The zero-order valence-electron chi connectivity index (χ0n) is 12.2. The van der Waals surface area contributed by atoms with Crippen molar-refractivity contribution < 1.29 is 13.2 Å². The summed E-state index contributed by atoms with van der Waals surface area (Å²) >= 11 is 0. The van der Waals surface area contributed by atoms with Crippen LogP contribution in [0.2, 0.25) is 0 Å². The van der Waals surface area contributed by atoms with Crippen molar-refractivity contribution in [2.24, 2.45) is 5.73 Å². The minimum atomic E-state index is -3.40. The van der Waals surface area contributed by atoms with Crippen molar-refractivity contribution in [3.63, 3.8) is 0 Å². The molecule has 1 amide bonds. The van der Waals surface area contributed by atoms with Crippen LogP contribution in [-0.2, 0) is 9.84 Å². The van der Waals surface area contributed by atoms with Crippen LogP contribution in [0.1, 0.15) is 43.0 Å². The molecule has 21 heavy (non-hydrogen) atoms. The van der Waals surface area contributed by atoms with E-state index in [2.05, 4.69) is 5.32 Å². The molecule has 0 aromatic heterocycles. The van der Waals surface area contributed by atoms with Gasteiger partial charge in [-0.3, -0.25) is 4.79 Å². The zero-order chi connectivity index (χ0) is 15.5. The van der Waals surface area contributed by atoms with Crippen LogP contribution < -0.4 is 11.1 Å². The molecule has 6 heteroatoms. The van der Waals surface area contributed by atoms with Crippen LogP contribution in [0.5, 0.6) is 0 Å². The fourth-order valence-electron chi connectivity index (χ4n) is 2.61. The lowest BCUT2D eigenvalue weighted by Gasteiger charge is -2.27. The fourth-order valence-corrected chi connectivity index (χ4v) is 3.70. The summed E-state index contributed by atoms with van der Waals surface area (Å²) in [5.74, 6) is -0.335. The molecule has 0 bridgehead atoms. The number of carbonyl (C=O) groups is 1. The van der Waals surface area contributed by atoms with Crippen molar-refractivity contribution in [1.82, 2.24) is 5.32 Å². The summed E-state index contributed by atoms with van der Waals surface area (Å²) in [5, 5.41) is 2.93. The molecule has 0 heterocycles. The third-order valence-corrected chi connectivity index (χ3v) is 5.74. The largest absolute Gasteiger partial charge is 0.349 e. The molecule has 0 saturated heterocycles. The summed E-state index contributed by atoms with van der Waals surface area (Å²) in [7, 11) is -3.40. The standard InChI is InChI=1S/C15H22N2O3S/c1-2-21(19,20)14-6-4-3-5-13(14)15(18)17-12-9-7-11(16)8-10-12/h3-6,11-12H,2,7-10,16H2,1H3,(H,17,18). The van der Waals surface area contributed by atoms with Gasteiger partial charge >= 0.3 is 0 Å². The monoisotopic (exact) mass is 310 g/mol. The normalized spacial score (nSPS) is 22.8. The average molecular weight is 310 g/mol. The highest BCUT2D eigenvalue weighted by atomic mass is 32.2. The van der Waals surface area contributed by atoms with Crippen molar-refractivity contribution in [2.45, 2.75) is 49.6 Å². The topological polar surface area (TPSA) is 89.3 Å². The second-order valence-electron chi connectivity index (χ2n) is 5.48. The molecule has 1 aliphatic rings. The molecule has 2 rings (SSSR count). The summed E-state index contributed by atoms with van der Waals surface area (Å²) in [5.41, 5.74) is 6.08. The van der Waals surface area contributed by atoms with E-state index < -0.39 is 9.84 Å². The lowest BCUT2D eigenvalue weighted by molar-refractivity contribution is 0.0922. The van der Waals surface area contributed by atoms with Crippen LogP contribution >= 0.6 is 0 Å². The summed E-state index contributed by atoms with van der Waals surface area (Å²) in [4.78, 5) is 12.5. The first-order chi connectivity index (χ1) is 9.94. The molecule has 3 N–H and O–H groups in total. The number of nitrogens with two attached hydrogens (primary N) is 1. The Bertz CT molecular complexity index is 605. The summed E-state index contributed by atoms with van der Waals surface area (Å²) in [6.07, 6.45) is 3.46. The first kappa shape index (κ1) is 16.0. The molecule has 0 atom stereocenters. The van der Waals surface area contributed by atoms with Gasteiger partial charge in [-0.05, 0) is 37.8 Å². The number of carbonyl (C=O) groups excluding carboxylic acids is 1. The van der Waals surface area contributed by atoms with E-state index in [1.807, 2.05) is 0 Å². The van der Waals surface area contributed by atoms with Crippen molar-refractivity contribution in [3.8, 4) is 0 Å². The van der Waals surface area contributed by atoms with Gasteiger partial charge in [0.15, 0.2) is 9.84 Å². The number of hydrogen-bond acceptors (Lipinski definition) is 4. The number of amides is 1. The van der Waals surface area contributed by atoms with E-state index in [1.165, 1.54) is 6.07 Å². The van der Waals surface area contributed by atoms with Gasteiger partial charge in [0.2, 0.25) is 0 Å². The lowest BCUT2D eigenvalue weighted by atomic mass is 9.91. The van der Waals surface area contributed by atoms with Crippen LogP contribution in [0.3, 0.4) is 0 Å². The van der Waals surface area contributed by atoms with Gasteiger partial charge < -0.3 is 11.1 Å². The Morgan fingerprint density at radius 2 is 1.86 bits per heavy atom. The Kier molecular flexibility index (Phi) is 5.00. The first-order valence-electron chi connectivity index (χ1n) is 7.32. The van der Waals surface area contributed by atoms with Gasteiger partial charge in [-0.15, -0.1) is 0 Å². The maximum absolute atomic E-state index is 12.4. The SMILES string of the molecule is CCS(=O)(=O)c1ccccc1C(=O)NC1CCC(N)CC1. The quantitative estimate of drug-likeness (QED) is 0.881. The molecule has 1 aromatic rings. The Labute approximate surface area is 125 Å². The Hall–Kier alpha value is -1.40. The van der Waals surface area contributed by atoms with Gasteiger partial charge in [-0.1, -0.05) is 19.1 Å². The summed E-state index contributed by atoms with van der Waals surface area (Å²) in [6, 6.07) is 6.66. The molecule has 0 radical (unpaired) electrons. The van der Waals surface area contributed by atoms with E-state index in [9.17, 15) is 13.2 Å². The Morgan fingerprint density at radius 3 is 2.48 bits per heavy atom. The van der Waals surface area contributed by atoms with Crippen molar-refractivity contribution in [2.75, 3.05) is 5.75 Å². The highest BCUT2D eigenvalue weighted by molar-refractivity contribution is 7.91. The van der Waals surface area contributed by atoms with E-state index in [0.717, 1.165) is 25.7 Å². The van der Waals surface area contributed by atoms with E-state index >= 15 is 0 Å². The average Bonchev–Trinajstić information content (AvgIpc) is 2.49. The molecule has 116 valence electrons. The molecule has 1 aliphatic carbocycles. The molecule has 1 fully saturated rings. The highest BCUT2D eigenvalue weighted by Gasteiger charge is 2.24. The molecule has 5 nitrogen and oxygen atoms in total. The van der Waals surface area contributed by atoms with Crippen LogP contribution in [0.25, 0.3) is 0 Å². The van der Waals surface area contributed by atoms with Crippen LogP contribution in [0.4, 0.5) is 0 Å². The summed E-state index contributed by atoms with van der Waals surface area (Å²) in [6.45, 7) is 1.58. The third-order valence-electron chi connectivity index (χ3n) is 3.95. The van der Waals surface area contributed by atoms with Crippen molar-refractivity contribution in [3.05, 3.63) is 29.8 Å². The minimum Gasteiger partial charge on any atom is -0.349 e. The third kappa shape index (κ3) is 3.83. The molecule has 0 aliphatic heterocycles. The maximum Gasteiger partial charge on any atom is 0.252 e. The van der Waals surface area contributed by atoms with Gasteiger partial charge in [0, 0.05) is 12.1 Å². The fraction of sp³-hybridized carbons (Fsp3) is 0.533. The number of nitrogens with one attached hydrogen (secondary N) is 1. The van der Waals surface area contributed by atoms with Crippen LogP contribution in [0, 0.1) is 0 Å². The van der Waals surface area contributed by atoms with Gasteiger partial charge in [0.25, 0.3) is 5.91 Å². The van der Waals surface area contributed by atoms with E-state index in [0.29, 0.717) is 0 Å². The predicted molar refractivity (Wildman–Crippen MR) is 81.9 cm³/mol. The van der Waals surface area contributed by atoms with Crippen LogP contribution in [0.15, 0.2) is 29.2 Å². The van der Waals surface area contributed by atoms with Crippen molar-refractivity contribution in [1.29, 1.82) is 0 Å². The minimum absolute atomic E-state index is 0.0183. The zero-order valence-corrected chi connectivity index (χ0v) is 13.0. The van der Waals surface area contributed by atoms with E-state index in [4.69, 9.17) is 5.73 Å². The van der Waals surface area contributed by atoms with Crippen LogP contribution in [-0.4, -0.2) is 32.2 Å². The highest BCUT2D eigenvalue weighted by Crippen LogP contribution is 2.20. The number of rotatable bonds is 4. The number of sulfone groups is 1. The summed E-state index contributed by atoms with van der Waals surface area (Å²) < 4.78 is 24.1. The van der Waals surface area contributed by atoms with Gasteiger partial charge in [-0.25, -0.2) is 8.42 Å². The molecular formula is C15H22N2O3S. The van der Waals surface area contributed by atoms with Crippen molar-refractivity contribution >= 4 is 15.7 Å². The van der Waals surface area contributed by atoms with Gasteiger partial charge in [-0.2, -0.15) is 0 Å². The number of hydrogen-bond donors (Lipinski definition) is 2. The molecule has 0 unspecified atom stereocenters. The molecule has 0 spiro atoms. The Balaban J connectivity index is 2.17. The second kappa shape index (κ2) is 6.58. The van der Waals surface area contributed by atoms with E-state index in [-0.39, 0.29) is 34.2 Å². The Morgan fingerprint density at radius 1 is 1.24 bits per heavy atom. The van der Waals surface area contributed by atoms with E-state index in [1.54, 1.807) is 25.1 Å². The lowest BCUT2D eigenvalue weighted by Crippen LogP contribution is -2.40. The number of benzene rings is 1.